The minimum atomic E-state index is -0.702. The van der Waals surface area contributed by atoms with Gasteiger partial charge in [-0.2, -0.15) is 5.26 Å². The van der Waals surface area contributed by atoms with Crippen molar-refractivity contribution in [2.24, 2.45) is 0 Å². The first-order chi connectivity index (χ1) is 7.13. The van der Waals surface area contributed by atoms with Crippen LogP contribution in [0.15, 0.2) is 12.1 Å². The minimum Gasteiger partial charge on any atom is -0.465 e. The maximum atomic E-state index is 11.3. The second-order valence-corrected chi connectivity index (χ2v) is 3.05. The van der Waals surface area contributed by atoms with E-state index < -0.39 is 5.97 Å². The fourth-order valence-corrected chi connectivity index (χ4v) is 1.41. The van der Waals surface area contributed by atoms with Gasteiger partial charge in [0.25, 0.3) is 0 Å². The van der Waals surface area contributed by atoms with Crippen LogP contribution < -0.4 is 0 Å². The Labute approximate surface area is 91.0 Å². The summed E-state index contributed by atoms with van der Waals surface area (Å²) >= 11 is 5.75. The van der Waals surface area contributed by atoms with Crippen molar-refractivity contribution in [3.63, 3.8) is 0 Å². The van der Waals surface area contributed by atoms with E-state index in [-0.39, 0.29) is 21.7 Å². The van der Waals surface area contributed by atoms with Gasteiger partial charge < -0.3 is 4.74 Å². The lowest BCUT2D eigenvalue weighted by Gasteiger charge is -2.05. The van der Waals surface area contributed by atoms with Crippen molar-refractivity contribution in [3.8, 4) is 6.07 Å². The quantitative estimate of drug-likeness (QED) is 0.567. The predicted molar refractivity (Wildman–Crippen MR) is 52.9 cm³/mol. The summed E-state index contributed by atoms with van der Waals surface area (Å²) in [5.41, 5.74) is 0.244. The SMILES string of the molecule is COC(=O)c1c(Cl)cc(C#N)cc1C=O. The summed E-state index contributed by atoms with van der Waals surface area (Å²) in [7, 11) is 1.19. The number of esters is 1. The number of nitrogens with zero attached hydrogens (tertiary/aromatic N) is 1. The highest BCUT2D eigenvalue weighted by atomic mass is 35.5. The molecule has 0 aliphatic heterocycles. The molecule has 1 aromatic rings. The topological polar surface area (TPSA) is 67.2 Å². The first-order valence-electron chi connectivity index (χ1n) is 3.91. The second-order valence-electron chi connectivity index (χ2n) is 2.64. The molecule has 0 spiro atoms. The third-order valence-corrected chi connectivity index (χ3v) is 2.06. The van der Waals surface area contributed by atoms with Crippen LogP contribution in [-0.2, 0) is 4.74 Å². The molecule has 4 nitrogen and oxygen atoms in total. The van der Waals surface area contributed by atoms with Gasteiger partial charge in [0, 0.05) is 5.56 Å². The number of aldehydes is 1. The Bertz CT molecular complexity index is 462. The first-order valence-corrected chi connectivity index (χ1v) is 4.29. The Morgan fingerprint density at radius 1 is 1.60 bits per heavy atom. The zero-order valence-electron chi connectivity index (χ0n) is 7.78. The lowest BCUT2D eigenvalue weighted by molar-refractivity contribution is 0.0598. The van der Waals surface area contributed by atoms with Crippen LogP contribution in [0.1, 0.15) is 26.3 Å². The van der Waals surface area contributed by atoms with E-state index in [9.17, 15) is 9.59 Å². The molecule has 5 heteroatoms. The molecule has 1 rings (SSSR count). The average Bonchev–Trinajstić information content (AvgIpc) is 2.26. The first kappa shape index (κ1) is 11.2. The fraction of sp³-hybridized carbons (Fsp3) is 0.100. The van der Waals surface area contributed by atoms with Gasteiger partial charge in [0.2, 0.25) is 0 Å². The minimum absolute atomic E-state index is 0.0202. The summed E-state index contributed by atoms with van der Waals surface area (Å²) < 4.78 is 4.47. The summed E-state index contributed by atoms with van der Waals surface area (Å²) in [5.74, 6) is -0.702. The number of halogens is 1. The molecule has 1 aromatic carbocycles. The summed E-state index contributed by atoms with van der Waals surface area (Å²) in [4.78, 5) is 22.0. The molecular weight excluding hydrogens is 218 g/mol. The van der Waals surface area contributed by atoms with E-state index >= 15 is 0 Å². The lowest BCUT2D eigenvalue weighted by atomic mass is 10.1. The smallest absolute Gasteiger partial charge is 0.340 e. The van der Waals surface area contributed by atoms with Crippen LogP contribution in [0.3, 0.4) is 0 Å². The summed E-state index contributed by atoms with van der Waals surface area (Å²) in [6.07, 6.45) is 0.457. The van der Waals surface area contributed by atoms with Crippen LogP contribution in [0.5, 0.6) is 0 Å². The molecule has 0 radical (unpaired) electrons. The number of rotatable bonds is 2. The maximum absolute atomic E-state index is 11.3. The number of methoxy groups -OCH3 is 1. The van der Waals surface area contributed by atoms with Crippen molar-refractivity contribution in [1.82, 2.24) is 0 Å². The van der Waals surface area contributed by atoms with Crippen LogP contribution in [0, 0.1) is 11.3 Å². The molecule has 0 aromatic heterocycles. The Morgan fingerprint density at radius 2 is 2.27 bits per heavy atom. The summed E-state index contributed by atoms with van der Waals surface area (Å²) in [6.45, 7) is 0. The van der Waals surface area contributed by atoms with E-state index in [1.807, 2.05) is 6.07 Å². The van der Waals surface area contributed by atoms with E-state index in [1.165, 1.54) is 19.2 Å². The lowest BCUT2D eigenvalue weighted by Crippen LogP contribution is -2.06. The zero-order chi connectivity index (χ0) is 11.4. The molecule has 0 aliphatic rings. The van der Waals surface area contributed by atoms with Crippen molar-refractivity contribution >= 4 is 23.9 Å². The number of hydrogen-bond acceptors (Lipinski definition) is 4. The Hall–Kier alpha value is -1.86. The molecule has 0 heterocycles. The van der Waals surface area contributed by atoms with Crippen LogP contribution in [-0.4, -0.2) is 19.4 Å². The number of nitriles is 1. The van der Waals surface area contributed by atoms with Gasteiger partial charge in [-0.25, -0.2) is 4.79 Å². The van der Waals surface area contributed by atoms with Gasteiger partial charge in [0.05, 0.1) is 29.3 Å². The molecule has 0 saturated carbocycles. The molecule has 0 fully saturated rings. The van der Waals surface area contributed by atoms with E-state index in [0.717, 1.165) is 0 Å². The van der Waals surface area contributed by atoms with Crippen LogP contribution in [0.4, 0.5) is 0 Å². The molecule has 76 valence electrons. The number of carbonyl (C=O) groups excluding carboxylic acids is 2. The second kappa shape index (κ2) is 4.58. The van der Waals surface area contributed by atoms with Gasteiger partial charge in [-0.1, -0.05) is 11.6 Å². The summed E-state index contributed by atoms with van der Waals surface area (Å²) in [6, 6.07) is 4.42. The third-order valence-electron chi connectivity index (χ3n) is 1.77. The highest BCUT2D eigenvalue weighted by molar-refractivity contribution is 6.34. The average molecular weight is 224 g/mol. The van der Waals surface area contributed by atoms with Gasteiger partial charge in [0.1, 0.15) is 0 Å². The Balaban J connectivity index is 3.45. The standard InChI is InChI=1S/C10H6ClNO3/c1-15-10(14)9-7(5-13)2-6(4-12)3-8(9)11/h2-3,5H,1H3. The predicted octanol–water partition coefficient (Wildman–Crippen LogP) is 1.81. The molecule has 0 saturated heterocycles. The Kier molecular flexibility index (Phi) is 3.42. The van der Waals surface area contributed by atoms with Crippen LogP contribution >= 0.6 is 11.6 Å². The highest BCUT2D eigenvalue weighted by Gasteiger charge is 2.17. The molecule has 0 aliphatic carbocycles. The Morgan fingerprint density at radius 3 is 2.73 bits per heavy atom. The van der Waals surface area contributed by atoms with Crippen molar-refractivity contribution in [3.05, 3.63) is 33.8 Å². The molecule has 0 N–H and O–H groups in total. The number of benzene rings is 1. The van der Waals surface area contributed by atoms with Crippen LogP contribution in [0.2, 0.25) is 5.02 Å². The monoisotopic (exact) mass is 223 g/mol. The number of ether oxygens (including phenoxy) is 1. The van der Waals surface area contributed by atoms with E-state index in [1.54, 1.807) is 0 Å². The molecule has 0 amide bonds. The van der Waals surface area contributed by atoms with Gasteiger partial charge in [-0.05, 0) is 12.1 Å². The number of carbonyl (C=O) groups is 2. The molecule has 0 atom stereocenters. The van der Waals surface area contributed by atoms with E-state index in [0.29, 0.717) is 6.29 Å². The summed E-state index contributed by atoms with van der Waals surface area (Å²) in [5, 5.41) is 8.66. The van der Waals surface area contributed by atoms with E-state index in [2.05, 4.69) is 4.74 Å². The number of hydrogen-bond donors (Lipinski definition) is 0. The van der Waals surface area contributed by atoms with Gasteiger partial charge in [-0.15, -0.1) is 0 Å². The normalized spacial score (nSPS) is 9.13. The third kappa shape index (κ3) is 2.14. The van der Waals surface area contributed by atoms with Gasteiger partial charge in [-0.3, -0.25) is 4.79 Å². The molecular formula is C10H6ClNO3. The van der Waals surface area contributed by atoms with Gasteiger partial charge >= 0.3 is 5.97 Å². The van der Waals surface area contributed by atoms with E-state index in [4.69, 9.17) is 16.9 Å². The fourth-order valence-electron chi connectivity index (χ4n) is 1.10. The van der Waals surface area contributed by atoms with Crippen molar-refractivity contribution < 1.29 is 14.3 Å². The molecule has 0 unspecified atom stereocenters. The molecule has 15 heavy (non-hydrogen) atoms. The van der Waals surface area contributed by atoms with Crippen LogP contribution in [0.25, 0.3) is 0 Å². The zero-order valence-corrected chi connectivity index (χ0v) is 8.54. The maximum Gasteiger partial charge on any atom is 0.340 e. The molecule has 0 bridgehead atoms. The largest absolute Gasteiger partial charge is 0.465 e. The van der Waals surface area contributed by atoms with Crippen molar-refractivity contribution in [2.45, 2.75) is 0 Å². The van der Waals surface area contributed by atoms with Crippen molar-refractivity contribution in [1.29, 1.82) is 5.26 Å². The van der Waals surface area contributed by atoms with Crippen molar-refractivity contribution in [2.75, 3.05) is 7.11 Å². The highest BCUT2D eigenvalue weighted by Crippen LogP contribution is 2.22. The van der Waals surface area contributed by atoms with Gasteiger partial charge in [0.15, 0.2) is 6.29 Å².